The largest absolute Gasteiger partial charge is 0.383 e. The molecule has 0 saturated carbocycles. The molecule has 3 rings (SSSR count). The number of aromatic nitrogens is 6. The standard InChI is InChI=1S/C19H26N8O4S/c1-4-6-11-26-17(20)16(18(28)21-19(26)29)25(5-2)12-15-22-23-24-27(15)13-7-9-14(10-8-13)32(3,30)31/h7-10H,4-6,11-12,20H2,1-3H3,(H,21,28,29). The Kier molecular flexibility index (Phi) is 6.77. The van der Waals surface area contributed by atoms with Gasteiger partial charge in [-0.15, -0.1) is 5.10 Å². The molecule has 0 aliphatic heterocycles. The average Bonchev–Trinajstić information content (AvgIpc) is 3.20. The molecule has 0 saturated heterocycles. The summed E-state index contributed by atoms with van der Waals surface area (Å²) < 4.78 is 26.2. The highest BCUT2D eigenvalue weighted by atomic mass is 32.2. The maximum atomic E-state index is 12.6. The van der Waals surface area contributed by atoms with Crippen LogP contribution in [0.1, 0.15) is 32.5 Å². The molecule has 0 radical (unpaired) electrons. The second kappa shape index (κ2) is 9.34. The van der Waals surface area contributed by atoms with Gasteiger partial charge in [-0.3, -0.25) is 14.3 Å². The van der Waals surface area contributed by atoms with Crippen LogP contribution in [0, 0.1) is 0 Å². The van der Waals surface area contributed by atoms with Crippen molar-refractivity contribution in [2.24, 2.45) is 0 Å². The topological polar surface area (TPSA) is 162 Å². The Morgan fingerprint density at radius 1 is 1.16 bits per heavy atom. The molecule has 12 nitrogen and oxygen atoms in total. The quantitative estimate of drug-likeness (QED) is 0.456. The maximum Gasteiger partial charge on any atom is 0.330 e. The maximum absolute atomic E-state index is 12.6. The van der Waals surface area contributed by atoms with Crippen molar-refractivity contribution in [3.8, 4) is 5.69 Å². The molecule has 0 unspecified atom stereocenters. The van der Waals surface area contributed by atoms with Crippen LogP contribution in [-0.2, 0) is 22.9 Å². The first-order valence-corrected chi connectivity index (χ1v) is 12.0. The normalized spacial score (nSPS) is 11.6. The molecule has 0 atom stereocenters. The lowest BCUT2D eigenvalue weighted by molar-refractivity contribution is 0.601. The zero-order valence-corrected chi connectivity index (χ0v) is 19.0. The van der Waals surface area contributed by atoms with Crippen molar-refractivity contribution in [2.75, 3.05) is 23.4 Å². The van der Waals surface area contributed by atoms with E-state index in [4.69, 9.17) is 5.73 Å². The molecule has 0 fully saturated rings. The predicted molar refractivity (Wildman–Crippen MR) is 120 cm³/mol. The number of rotatable bonds is 9. The van der Waals surface area contributed by atoms with Crippen LogP contribution in [0.15, 0.2) is 38.8 Å². The minimum Gasteiger partial charge on any atom is -0.383 e. The minimum absolute atomic E-state index is 0.0885. The van der Waals surface area contributed by atoms with Gasteiger partial charge in [0.15, 0.2) is 15.7 Å². The van der Waals surface area contributed by atoms with Crippen LogP contribution in [0.4, 0.5) is 11.5 Å². The van der Waals surface area contributed by atoms with E-state index in [1.54, 1.807) is 17.0 Å². The number of hydrogen-bond donors (Lipinski definition) is 2. The molecule has 2 heterocycles. The lowest BCUT2D eigenvalue weighted by Gasteiger charge is -2.24. The number of unbranched alkanes of at least 4 members (excludes halogenated alkanes) is 1. The van der Waals surface area contributed by atoms with Crippen LogP contribution in [0.5, 0.6) is 0 Å². The molecule has 0 bridgehead atoms. The molecule has 0 aliphatic rings. The van der Waals surface area contributed by atoms with Gasteiger partial charge in [0.05, 0.1) is 17.1 Å². The SMILES string of the molecule is CCCCn1c(N)c(N(CC)Cc2nnnn2-c2ccc(S(C)(=O)=O)cc2)c(=O)[nH]c1=O. The summed E-state index contributed by atoms with van der Waals surface area (Å²) in [5, 5.41) is 11.7. The number of nitrogens with zero attached hydrogens (tertiary/aromatic N) is 6. The summed E-state index contributed by atoms with van der Waals surface area (Å²) in [5.41, 5.74) is 5.82. The summed E-state index contributed by atoms with van der Waals surface area (Å²) >= 11 is 0. The van der Waals surface area contributed by atoms with Gasteiger partial charge in [0.2, 0.25) is 0 Å². The van der Waals surface area contributed by atoms with E-state index in [1.807, 2.05) is 13.8 Å². The highest BCUT2D eigenvalue weighted by molar-refractivity contribution is 7.90. The zero-order valence-electron chi connectivity index (χ0n) is 18.1. The van der Waals surface area contributed by atoms with Crippen LogP contribution < -0.4 is 21.9 Å². The van der Waals surface area contributed by atoms with Crippen molar-refractivity contribution in [1.29, 1.82) is 0 Å². The first kappa shape index (κ1) is 23.2. The molecule has 0 amide bonds. The number of tetrazole rings is 1. The van der Waals surface area contributed by atoms with E-state index in [1.165, 1.54) is 21.4 Å². The highest BCUT2D eigenvalue weighted by Crippen LogP contribution is 2.20. The lowest BCUT2D eigenvalue weighted by Crippen LogP contribution is -2.38. The average molecular weight is 463 g/mol. The number of nitrogen functional groups attached to an aromatic ring is 1. The van der Waals surface area contributed by atoms with Crippen LogP contribution in [0.2, 0.25) is 0 Å². The summed E-state index contributed by atoms with van der Waals surface area (Å²) in [7, 11) is -3.33. The van der Waals surface area contributed by atoms with E-state index < -0.39 is 21.1 Å². The lowest BCUT2D eigenvalue weighted by atomic mass is 10.3. The Hall–Kier alpha value is -3.48. The minimum atomic E-state index is -3.33. The Morgan fingerprint density at radius 3 is 2.44 bits per heavy atom. The molecule has 2 aromatic heterocycles. The number of H-pyrrole nitrogens is 1. The fraction of sp³-hybridized carbons (Fsp3) is 0.421. The van der Waals surface area contributed by atoms with E-state index in [2.05, 4.69) is 20.5 Å². The second-order valence-electron chi connectivity index (χ2n) is 7.29. The third-order valence-corrected chi connectivity index (χ3v) is 6.15. The van der Waals surface area contributed by atoms with Gasteiger partial charge in [0.1, 0.15) is 11.5 Å². The second-order valence-corrected chi connectivity index (χ2v) is 9.30. The molecular formula is C19H26N8O4S. The monoisotopic (exact) mass is 462 g/mol. The molecule has 3 aromatic rings. The van der Waals surface area contributed by atoms with Crippen molar-refractivity contribution in [1.82, 2.24) is 29.8 Å². The number of benzene rings is 1. The van der Waals surface area contributed by atoms with Crippen molar-refractivity contribution >= 4 is 21.3 Å². The van der Waals surface area contributed by atoms with Crippen molar-refractivity contribution in [3.05, 3.63) is 50.9 Å². The van der Waals surface area contributed by atoms with Crippen LogP contribution in [0.25, 0.3) is 5.69 Å². The number of hydrogen-bond acceptors (Lipinski definition) is 9. The van der Waals surface area contributed by atoms with Gasteiger partial charge in [-0.05, 0) is 48.0 Å². The van der Waals surface area contributed by atoms with Gasteiger partial charge in [0.25, 0.3) is 5.56 Å². The van der Waals surface area contributed by atoms with E-state index in [0.29, 0.717) is 24.6 Å². The van der Waals surface area contributed by atoms with Gasteiger partial charge in [-0.1, -0.05) is 13.3 Å². The number of sulfone groups is 1. The Labute approximate surface area is 184 Å². The molecule has 3 N–H and O–H groups in total. The number of aromatic amines is 1. The first-order valence-electron chi connectivity index (χ1n) is 10.1. The van der Waals surface area contributed by atoms with Crippen LogP contribution in [0.3, 0.4) is 0 Å². The van der Waals surface area contributed by atoms with Gasteiger partial charge in [-0.2, -0.15) is 4.68 Å². The van der Waals surface area contributed by atoms with Crippen molar-refractivity contribution < 1.29 is 8.42 Å². The summed E-state index contributed by atoms with van der Waals surface area (Å²) in [5.74, 6) is 0.495. The van der Waals surface area contributed by atoms with Gasteiger partial charge in [-0.25, -0.2) is 13.2 Å². The third kappa shape index (κ3) is 4.72. The van der Waals surface area contributed by atoms with Crippen LogP contribution in [-0.4, -0.2) is 51.0 Å². The van der Waals surface area contributed by atoms with E-state index in [0.717, 1.165) is 19.1 Å². The Morgan fingerprint density at radius 2 is 1.84 bits per heavy atom. The van der Waals surface area contributed by atoms with Gasteiger partial charge in [0, 0.05) is 19.3 Å². The third-order valence-electron chi connectivity index (χ3n) is 5.02. The van der Waals surface area contributed by atoms with E-state index >= 15 is 0 Å². The fourth-order valence-corrected chi connectivity index (χ4v) is 3.91. The predicted octanol–water partition coefficient (Wildman–Crippen LogP) is 0.325. The van der Waals surface area contributed by atoms with Crippen molar-refractivity contribution in [2.45, 2.75) is 44.7 Å². The number of nitrogens with one attached hydrogen (secondary N) is 1. The number of anilines is 2. The summed E-state index contributed by atoms with van der Waals surface area (Å²) in [6.07, 6.45) is 2.74. The zero-order chi connectivity index (χ0) is 23.5. The Bertz CT molecular complexity index is 1310. The van der Waals surface area contributed by atoms with E-state index in [9.17, 15) is 18.0 Å². The Balaban J connectivity index is 1.97. The fourth-order valence-electron chi connectivity index (χ4n) is 3.28. The molecule has 13 heteroatoms. The van der Waals surface area contributed by atoms with Crippen LogP contribution >= 0.6 is 0 Å². The molecule has 0 aliphatic carbocycles. The number of nitrogens with two attached hydrogens (primary N) is 1. The summed E-state index contributed by atoms with van der Waals surface area (Å²) in [6, 6.07) is 6.14. The molecule has 0 spiro atoms. The summed E-state index contributed by atoms with van der Waals surface area (Å²) in [4.78, 5) is 29.0. The summed E-state index contributed by atoms with van der Waals surface area (Å²) in [6.45, 7) is 4.77. The molecule has 1 aromatic carbocycles. The smallest absolute Gasteiger partial charge is 0.330 e. The van der Waals surface area contributed by atoms with Gasteiger partial charge < -0.3 is 10.6 Å². The highest BCUT2D eigenvalue weighted by Gasteiger charge is 2.21. The first-order chi connectivity index (χ1) is 15.2. The van der Waals surface area contributed by atoms with Crippen molar-refractivity contribution in [3.63, 3.8) is 0 Å². The molecule has 32 heavy (non-hydrogen) atoms. The molecule has 172 valence electrons. The van der Waals surface area contributed by atoms with E-state index in [-0.39, 0.29) is 22.9 Å². The van der Waals surface area contributed by atoms with Gasteiger partial charge >= 0.3 is 5.69 Å². The molecular weight excluding hydrogens is 436 g/mol.